The summed E-state index contributed by atoms with van der Waals surface area (Å²) in [5, 5.41) is 0. The van der Waals surface area contributed by atoms with E-state index in [0.29, 0.717) is 13.0 Å². The molecule has 1 aromatic carbocycles. The van der Waals surface area contributed by atoms with Gasteiger partial charge in [0.25, 0.3) is 0 Å². The molecule has 0 amide bonds. The summed E-state index contributed by atoms with van der Waals surface area (Å²) in [7, 11) is 0. The zero-order valence-corrected chi connectivity index (χ0v) is 15.8. The van der Waals surface area contributed by atoms with Crippen molar-refractivity contribution in [3.63, 3.8) is 0 Å². The Labute approximate surface area is 155 Å². The molecule has 5 heteroatoms. The van der Waals surface area contributed by atoms with E-state index in [1.54, 1.807) is 0 Å². The number of aliphatic imine (C=N–C) groups is 1. The van der Waals surface area contributed by atoms with Gasteiger partial charge in [0.05, 0.1) is 17.8 Å². The van der Waals surface area contributed by atoms with Crippen LogP contribution in [0.15, 0.2) is 62.8 Å². The highest BCUT2D eigenvalue weighted by atomic mass is 79.9. The first-order valence-electron chi connectivity index (χ1n) is 8.46. The van der Waals surface area contributed by atoms with Crippen LogP contribution in [0.3, 0.4) is 0 Å². The average Bonchev–Trinajstić information content (AvgIpc) is 3.00. The van der Waals surface area contributed by atoms with Gasteiger partial charge in [-0.3, -0.25) is 4.79 Å². The second kappa shape index (κ2) is 6.23. The van der Waals surface area contributed by atoms with Gasteiger partial charge in [-0.1, -0.05) is 52.1 Å². The maximum absolute atomic E-state index is 13.0. The van der Waals surface area contributed by atoms with Crippen molar-refractivity contribution in [2.45, 2.75) is 32.9 Å². The summed E-state index contributed by atoms with van der Waals surface area (Å²) in [6.45, 7) is 4.75. The molecule has 4 rings (SSSR count). The third-order valence-corrected chi connectivity index (χ3v) is 5.39. The lowest BCUT2D eigenvalue weighted by molar-refractivity contribution is -0.685. The lowest BCUT2D eigenvalue weighted by atomic mass is 10.1. The maximum atomic E-state index is 13.0. The van der Waals surface area contributed by atoms with Gasteiger partial charge in [0, 0.05) is 4.47 Å². The van der Waals surface area contributed by atoms with Crippen molar-refractivity contribution in [2.24, 2.45) is 4.99 Å². The van der Waals surface area contributed by atoms with Crippen molar-refractivity contribution in [1.29, 1.82) is 0 Å². The SMILES string of the molecule is CCc1c(C)[n+](Cc2ccc(Br)cc2)c2n(c1=O)C1C=CC=CC1=N2. The Hall–Kier alpha value is -2.27. The van der Waals surface area contributed by atoms with Crippen LogP contribution in [0.1, 0.15) is 29.8 Å². The van der Waals surface area contributed by atoms with Crippen LogP contribution >= 0.6 is 15.9 Å². The highest BCUT2D eigenvalue weighted by molar-refractivity contribution is 9.10. The van der Waals surface area contributed by atoms with Crippen LogP contribution in [0, 0.1) is 6.92 Å². The monoisotopic (exact) mass is 396 g/mol. The van der Waals surface area contributed by atoms with E-state index < -0.39 is 0 Å². The van der Waals surface area contributed by atoms with Crippen molar-refractivity contribution in [1.82, 2.24) is 4.57 Å². The summed E-state index contributed by atoms with van der Waals surface area (Å²) < 4.78 is 5.06. The van der Waals surface area contributed by atoms with Crippen LogP contribution in [0.25, 0.3) is 0 Å². The molecule has 0 spiro atoms. The van der Waals surface area contributed by atoms with Gasteiger partial charge in [-0.15, -0.1) is 0 Å². The zero-order chi connectivity index (χ0) is 17.6. The van der Waals surface area contributed by atoms with Crippen molar-refractivity contribution in [2.75, 3.05) is 0 Å². The molecule has 2 aliphatic rings. The van der Waals surface area contributed by atoms with E-state index in [1.807, 2.05) is 54.9 Å². The van der Waals surface area contributed by atoms with Gasteiger partial charge in [0.2, 0.25) is 0 Å². The molecular weight excluding hydrogens is 378 g/mol. The molecule has 1 aliphatic carbocycles. The molecule has 126 valence electrons. The fourth-order valence-corrected chi connectivity index (χ4v) is 3.79. The van der Waals surface area contributed by atoms with Crippen molar-refractivity contribution < 1.29 is 4.57 Å². The third-order valence-electron chi connectivity index (χ3n) is 4.86. The van der Waals surface area contributed by atoms with Crippen LogP contribution in [0.5, 0.6) is 0 Å². The van der Waals surface area contributed by atoms with Crippen LogP contribution in [0.2, 0.25) is 0 Å². The minimum atomic E-state index is -0.0884. The third kappa shape index (κ3) is 2.63. The van der Waals surface area contributed by atoms with Crippen LogP contribution < -0.4 is 10.1 Å². The van der Waals surface area contributed by atoms with Gasteiger partial charge < -0.3 is 0 Å². The molecule has 0 N–H and O–H groups in total. The molecule has 0 fully saturated rings. The van der Waals surface area contributed by atoms with Gasteiger partial charge in [0.1, 0.15) is 0 Å². The summed E-state index contributed by atoms with van der Waals surface area (Å²) in [6, 6.07) is 8.18. The molecule has 0 radical (unpaired) electrons. The van der Waals surface area contributed by atoms with Gasteiger partial charge in [-0.05, 0) is 43.2 Å². The summed E-state index contributed by atoms with van der Waals surface area (Å²) >= 11 is 3.48. The number of benzene rings is 1. The van der Waals surface area contributed by atoms with E-state index in [4.69, 9.17) is 4.99 Å². The van der Waals surface area contributed by atoms with Crippen LogP contribution in [-0.2, 0) is 13.0 Å². The summed E-state index contributed by atoms with van der Waals surface area (Å²) in [6.07, 6.45) is 8.69. The largest absolute Gasteiger partial charge is 0.403 e. The number of rotatable bonds is 3. The fraction of sp³-hybridized carbons (Fsp3) is 0.250. The number of allylic oxidation sites excluding steroid dienone is 4. The van der Waals surface area contributed by atoms with E-state index in [9.17, 15) is 4.79 Å². The lowest BCUT2D eigenvalue weighted by Crippen LogP contribution is -2.46. The van der Waals surface area contributed by atoms with Crippen LogP contribution in [0.4, 0.5) is 5.95 Å². The Bertz CT molecular complexity index is 997. The number of hydrogen-bond acceptors (Lipinski definition) is 2. The topological polar surface area (TPSA) is 38.2 Å². The molecule has 0 bridgehead atoms. The zero-order valence-electron chi connectivity index (χ0n) is 14.2. The molecule has 1 atom stereocenters. The van der Waals surface area contributed by atoms with Crippen molar-refractivity contribution in [3.05, 3.63) is 80.2 Å². The number of aromatic nitrogens is 2. The highest BCUT2D eigenvalue weighted by Crippen LogP contribution is 2.28. The van der Waals surface area contributed by atoms with Gasteiger partial charge in [-0.2, -0.15) is 4.57 Å². The van der Waals surface area contributed by atoms with Gasteiger partial charge >= 0.3 is 11.5 Å². The molecule has 2 heterocycles. The van der Waals surface area contributed by atoms with E-state index in [0.717, 1.165) is 27.4 Å². The van der Waals surface area contributed by atoms with E-state index >= 15 is 0 Å². The Kier molecular flexibility index (Phi) is 4.04. The summed E-state index contributed by atoms with van der Waals surface area (Å²) in [5.74, 6) is 0.735. The summed E-state index contributed by atoms with van der Waals surface area (Å²) in [5.41, 5.74) is 4.04. The molecule has 1 aliphatic heterocycles. The Morgan fingerprint density at radius 1 is 1.24 bits per heavy atom. The first-order valence-corrected chi connectivity index (χ1v) is 9.25. The first-order chi connectivity index (χ1) is 12.1. The molecular formula is C20H19BrN3O+. The average molecular weight is 397 g/mol. The number of nitrogens with zero attached hydrogens (tertiary/aromatic N) is 3. The molecule has 25 heavy (non-hydrogen) atoms. The number of fused-ring (bicyclic) bond motifs is 3. The predicted octanol–water partition coefficient (Wildman–Crippen LogP) is 3.57. The highest BCUT2D eigenvalue weighted by Gasteiger charge is 2.38. The van der Waals surface area contributed by atoms with Crippen molar-refractivity contribution in [3.8, 4) is 0 Å². The Morgan fingerprint density at radius 2 is 2.00 bits per heavy atom. The second-order valence-electron chi connectivity index (χ2n) is 6.33. The standard InChI is InChI=1S/C20H19BrN3O/c1-3-16-13(2)23(12-14-8-10-15(21)11-9-14)20-22-17-6-4-5-7-18(17)24(20)19(16)25/h4-11,18H,3,12H2,1-2H3/q+1. The van der Waals surface area contributed by atoms with Gasteiger partial charge in [-0.25, -0.2) is 4.57 Å². The quantitative estimate of drug-likeness (QED) is 0.730. The fourth-order valence-electron chi connectivity index (χ4n) is 3.53. The molecule has 0 saturated heterocycles. The molecule has 1 unspecified atom stereocenters. The van der Waals surface area contributed by atoms with E-state index in [-0.39, 0.29) is 11.6 Å². The van der Waals surface area contributed by atoms with Crippen molar-refractivity contribution >= 4 is 27.6 Å². The van der Waals surface area contributed by atoms with Gasteiger partial charge in [0.15, 0.2) is 11.8 Å². The first kappa shape index (κ1) is 16.2. The Morgan fingerprint density at radius 3 is 2.72 bits per heavy atom. The normalized spacial score (nSPS) is 17.4. The van der Waals surface area contributed by atoms with Crippen LogP contribution in [-0.4, -0.2) is 10.3 Å². The molecule has 0 saturated carbocycles. The lowest BCUT2D eigenvalue weighted by Gasteiger charge is -2.14. The van der Waals surface area contributed by atoms with E-state index in [1.165, 1.54) is 5.56 Å². The molecule has 2 aromatic rings. The predicted molar refractivity (Wildman–Crippen MR) is 103 cm³/mol. The second-order valence-corrected chi connectivity index (χ2v) is 7.25. The number of halogens is 1. The Balaban J connectivity index is 1.92. The smallest absolute Gasteiger partial charge is 0.250 e. The minimum Gasteiger partial charge on any atom is -0.250 e. The maximum Gasteiger partial charge on any atom is 0.403 e. The van der Waals surface area contributed by atoms with E-state index in [2.05, 4.69) is 32.6 Å². The summed E-state index contributed by atoms with van der Waals surface area (Å²) in [4.78, 5) is 17.8. The molecule has 4 nitrogen and oxygen atoms in total. The minimum absolute atomic E-state index is 0.0748. The molecule has 1 aromatic heterocycles. The number of hydrogen-bond donors (Lipinski definition) is 0.